The van der Waals surface area contributed by atoms with Crippen LogP contribution in [0.3, 0.4) is 0 Å². The number of rotatable bonds is 5. The van der Waals surface area contributed by atoms with Crippen molar-refractivity contribution in [1.82, 2.24) is 14.7 Å². The molecule has 0 saturated heterocycles. The minimum absolute atomic E-state index is 0.0147. The van der Waals surface area contributed by atoms with E-state index in [1.165, 1.54) is 6.20 Å². The first-order chi connectivity index (χ1) is 9.03. The van der Waals surface area contributed by atoms with Crippen molar-refractivity contribution in [3.8, 4) is 0 Å². The molecule has 0 aliphatic heterocycles. The Morgan fingerprint density at radius 3 is 2.89 bits per heavy atom. The van der Waals surface area contributed by atoms with E-state index in [9.17, 15) is 13.2 Å². The van der Waals surface area contributed by atoms with E-state index >= 15 is 0 Å². The van der Waals surface area contributed by atoms with Crippen molar-refractivity contribution >= 4 is 27.0 Å². The zero-order valence-corrected chi connectivity index (χ0v) is 11.6. The summed E-state index contributed by atoms with van der Waals surface area (Å²) in [5, 5.41) is 4.26. The van der Waals surface area contributed by atoms with Gasteiger partial charge in [-0.05, 0) is 12.1 Å². The van der Waals surface area contributed by atoms with Gasteiger partial charge in [0.15, 0.2) is 5.03 Å². The monoisotopic (exact) mass is 300 g/mol. The molecule has 3 N–H and O–H groups in total. The molecule has 0 aromatic carbocycles. The third-order valence-corrected chi connectivity index (χ3v) is 4.40. The lowest BCUT2D eigenvalue weighted by molar-refractivity contribution is 0.577. The second-order valence-corrected chi connectivity index (χ2v) is 6.13. The molecule has 9 heteroatoms. The normalized spacial score (nSPS) is 11.4. The number of thiazole rings is 1. The van der Waals surface area contributed by atoms with E-state index in [0.29, 0.717) is 11.4 Å². The SMILES string of the molecule is CNc1cccnc1S(=O)(=O)NCc1csc(=O)[nH]1. The number of hydrogen-bond acceptors (Lipinski definition) is 6. The van der Waals surface area contributed by atoms with Crippen LogP contribution in [0.25, 0.3) is 0 Å². The lowest BCUT2D eigenvalue weighted by atomic mass is 10.4. The Hall–Kier alpha value is -1.71. The Bertz CT molecular complexity index is 720. The first kappa shape index (κ1) is 13.7. The molecule has 102 valence electrons. The van der Waals surface area contributed by atoms with Crippen LogP contribution in [0.2, 0.25) is 0 Å². The molecule has 0 radical (unpaired) electrons. The van der Waals surface area contributed by atoms with Crippen molar-refractivity contribution in [3.05, 3.63) is 39.1 Å². The van der Waals surface area contributed by atoms with Gasteiger partial charge in [0.25, 0.3) is 10.0 Å². The topological polar surface area (TPSA) is 104 Å². The Kier molecular flexibility index (Phi) is 3.98. The summed E-state index contributed by atoms with van der Waals surface area (Å²) >= 11 is 0.985. The number of sulfonamides is 1. The van der Waals surface area contributed by atoms with Gasteiger partial charge in [0.2, 0.25) is 0 Å². The quantitative estimate of drug-likeness (QED) is 0.739. The van der Waals surface area contributed by atoms with E-state index in [4.69, 9.17) is 0 Å². The van der Waals surface area contributed by atoms with E-state index in [1.54, 1.807) is 24.6 Å². The number of aromatic amines is 1. The molecule has 2 heterocycles. The van der Waals surface area contributed by atoms with Crippen molar-refractivity contribution in [2.45, 2.75) is 11.6 Å². The number of pyridine rings is 1. The van der Waals surface area contributed by atoms with Crippen LogP contribution < -0.4 is 14.9 Å². The molecule has 0 aliphatic carbocycles. The average molecular weight is 300 g/mol. The minimum Gasteiger partial charge on any atom is -0.386 e. The summed E-state index contributed by atoms with van der Waals surface area (Å²) in [6, 6.07) is 3.26. The number of hydrogen-bond donors (Lipinski definition) is 3. The summed E-state index contributed by atoms with van der Waals surface area (Å²) in [6.45, 7) is 0.0147. The Balaban J connectivity index is 2.20. The van der Waals surface area contributed by atoms with Crippen LogP contribution in [-0.2, 0) is 16.6 Å². The zero-order valence-electron chi connectivity index (χ0n) is 10.0. The minimum atomic E-state index is -3.73. The molecule has 0 amide bonds. The largest absolute Gasteiger partial charge is 0.386 e. The van der Waals surface area contributed by atoms with Crippen molar-refractivity contribution in [3.63, 3.8) is 0 Å². The first-order valence-electron chi connectivity index (χ1n) is 5.32. The van der Waals surface area contributed by atoms with Crippen LogP contribution in [0.5, 0.6) is 0 Å². The predicted molar refractivity (Wildman–Crippen MR) is 72.7 cm³/mol. The fraction of sp³-hybridized carbons (Fsp3) is 0.200. The van der Waals surface area contributed by atoms with Crippen LogP contribution in [-0.4, -0.2) is 25.4 Å². The molecular formula is C10H12N4O3S2. The van der Waals surface area contributed by atoms with Gasteiger partial charge < -0.3 is 10.3 Å². The van der Waals surface area contributed by atoms with E-state index in [1.807, 2.05) is 0 Å². The smallest absolute Gasteiger partial charge is 0.304 e. The summed E-state index contributed by atoms with van der Waals surface area (Å²) in [5.74, 6) is 0. The molecule has 0 fully saturated rings. The number of aromatic nitrogens is 2. The van der Waals surface area contributed by atoms with Crippen LogP contribution in [0.15, 0.2) is 33.5 Å². The molecule has 0 unspecified atom stereocenters. The third kappa shape index (κ3) is 3.19. The zero-order chi connectivity index (χ0) is 13.9. The van der Waals surface area contributed by atoms with Crippen molar-refractivity contribution in [1.29, 1.82) is 0 Å². The molecule has 0 bridgehead atoms. The van der Waals surface area contributed by atoms with Gasteiger partial charge in [0.05, 0.1) is 12.2 Å². The van der Waals surface area contributed by atoms with Crippen LogP contribution in [0.4, 0.5) is 5.69 Å². The molecule has 0 atom stereocenters. The summed E-state index contributed by atoms with van der Waals surface area (Å²) in [4.78, 5) is 17.1. The highest BCUT2D eigenvalue weighted by Gasteiger charge is 2.19. The first-order valence-corrected chi connectivity index (χ1v) is 7.68. The third-order valence-electron chi connectivity index (χ3n) is 2.32. The van der Waals surface area contributed by atoms with Gasteiger partial charge in [-0.25, -0.2) is 18.1 Å². The Morgan fingerprint density at radius 2 is 2.26 bits per heavy atom. The second kappa shape index (κ2) is 5.51. The highest BCUT2D eigenvalue weighted by atomic mass is 32.2. The van der Waals surface area contributed by atoms with Crippen LogP contribution in [0, 0.1) is 0 Å². The number of nitrogens with zero attached hydrogens (tertiary/aromatic N) is 1. The van der Waals surface area contributed by atoms with Crippen molar-refractivity contribution in [2.24, 2.45) is 0 Å². The lowest BCUT2D eigenvalue weighted by Crippen LogP contribution is -2.25. The summed E-state index contributed by atoms with van der Waals surface area (Å²) in [7, 11) is -2.12. The highest BCUT2D eigenvalue weighted by Crippen LogP contribution is 2.17. The van der Waals surface area contributed by atoms with Gasteiger partial charge in [-0.1, -0.05) is 11.3 Å². The van der Waals surface area contributed by atoms with Crippen LogP contribution in [0.1, 0.15) is 5.69 Å². The lowest BCUT2D eigenvalue weighted by Gasteiger charge is -2.09. The van der Waals surface area contributed by atoms with Crippen LogP contribution >= 0.6 is 11.3 Å². The van der Waals surface area contributed by atoms with Gasteiger partial charge in [0, 0.05) is 24.3 Å². The van der Waals surface area contributed by atoms with Crippen molar-refractivity contribution < 1.29 is 8.42 Å². The van der Waals surface area contributed by atoms with Gasteiger partial charge >= 0.3 is 4.87 Å². The van der Waals surface area contributed by atoms with E-state index < -0.39 is 10.0 Å². The predicted octanol–water partition coefficient (Wildman–Crippen LogP) is 0.352. The average Bonchev–Trinajstić information content (AvgIpc) is 2.82. The number of anilines is 1. The second-order valence-electron chi connectivity index (χ2n) is 3.60. The standard InChI is InChI=1S/C10H12N4O3S2/c1-11-8-3-2-4-12-9(8)19(16,17)13-5-7-6-18-10(15)14-7/h2-4,6,11,13H,5H2,1H3,(H,14,15). The Labute approximate surface area is 113 Å². The molecule has 7 nitrogen and oxygen atoms in total. The maximum Gasteiger partial charge on any atom is 0.304 e. The Morgan fingerprint density at radius 1 is 1.47 bits per heavy atom. The molecule has 0 saturated carbocycles. The maximum absolute atomic E-state index is 12.1. The molecule has 2 rings (SSSR count). The summed E-state index contributed by atoms with van der Waals surface area (Å²) in [5.41, 5.74) is 0.925. The molecule has 0 spiro atoms. The number of H-pyrrole nitrogens is 1. The van der Waals surface area contributed by atoms with Gasteiger partial charge in [-0.15, -0.1) is 0 Å². The van der Waals surface area contributed by atoms with Gasteiger partial charge in [0.1, 0.15) is 0 Å². The van der Waals surface area contributed by atoms with Crippen molar-refractivity contribution in [2.75, 3.05) is 12.4 Å². The highest BCUT2D eigenvalue weighted by molar-refractivity contribution is 7.89. The fourth-order valence-electron chi connectivity index (χ4n) is 1.44. The fourth-order valence-corrected chi connectivity index (χ4v) is 3.16. The summed E-state index contributed by atoms with van der Waals surface area (Å²) < 4.78 is 26.6. The van der Waals surface area contributed by atoms with E-state index in [2.05, 4.69) is 20.0 Å². The van der Waals surface area contributed by atoms with E-state index in [-0.39, 0.29) is 16.4 Å². The van der Waals surface area contributed by atoms with Gasteiger partial charge in [-0.3, -0.25) is 4.79 Å². The molecular weight excluding hydrogens is 288 g/mol. The molecule has 2 aromatic rings. The molecule has 19 heavy (non-hydrogen) atoms. The maximum atomic E-state index is 12.1. The number of nitrogens with one attached hydrogen (secondary N) is 3. The molecule has 2 aromatic heterocycles. The summed E-state index contributed by atoms with van der Waals surface area (Å²) in [6.07, 6.45) is 1.40. The van der Waals surface area contributed by atoms with E-state index in [0.717, 1.165) is 11.3 Å². The van der Waals surface area contributed by atoms with Gasteiger partial charge in [-0.2, -0.15) is 0 Å². The molecule has 0 aliphatic rings.